The van der Waals surface area contributed by atoms with Crippen LogP contribution in [0.15, 0.2) is 45.3 Å². The highest BCUT2D eigenvalue weighted by Crippen LogP contribution is 2.23. The number of hydrogen-bond acceptors (Lipinski definition) is 2. The predicted molar refractivity (Wildman–Crippen MR) is 117 cm³/mol. The van der Waals surface area contributed by atoms with Gasteiger partial charge in [-0.1, -0.05) is 71.0 Å². The fourth-order valence-electron chi connectivity index (χ4n) is 2.31. The molecule has 0 aliphatic carbocycles. The topological polar surface area (TPSA) is 12.5 Å². The second-order valence-electron chi connectivity index (χ2n) is 5.49. The average molecular weight is 575 g/mol. The maximum absolute atomic E-state index is 5.97. The molecule has 0 unspecified atom stereocenters. The molecule has 7 heteroatoms. The number of rotatable bonds is 3. The molecule has 2 aromatic carbocycles. The third-order valence-corrected chi connectivity index (χ3v) is 6.28. The lowest BCUT2D eigenvalue weighted by atomic mass is 10.2. The number of benzene rings is 2. The highest BCUT2D eigenvalue weighted by molar-refractivity contribution is 9.11. The van der Waals surface area contributed by atoms with Crippen molar-refractivity contribution in [1.29, 1.82) is 0 Å². The smallest absolute Gasteiger partial charge is 0.0594 e. The van der Waals surface area contributed by atoms with Gasteiger partial charge < -0.3 is 4.74 Å². The molecule has 136 valence electrons. The Labute approximate surface area is 184 Å². The molecular formula is C18H18Br3Cl2NO. The van der Waals surface area contributed by atoms with Gasteiger partial charge in [-0.2, -0.15) is 0 Å². The lowest BCUT2D eigenvalue weighted by Gasteiger charge is -2.26. The molecule has 0 N–H and O–H groups in total. The van der Waals surface area contributed by atoms with Crippen molar-refractivity contribution < 1.29 is 4.74 Å². The van der Waals surface area contributed by atoms with E-state index in [1.165, 1.54) is 11.1 Å². The molecule has 1 aliphatic rings. The van der Waals surface area contributed by atoms with Crippen LogP contribution in [0.5, 0.6) is 0 Å². The summed E-state index contributed by atoms with van der Waals surface area (Å²) in [7, 11) is 0. The summed E-state index contributed by atoms with van der Waals surface area (Å²) in [5.41, 5.74) is 2.41. The minimum absolute atomic E-state index is 0.776. The highest BCUT2D eigenvalue weighted by atomic mass is 79.9. The minimum Gasteiger partial charge on any atom is -0.379 e. The molecule has 1 saturated heterocycles. The average Bonchev–Trinajstić information content (AvgIpc) is 2.62. The van der Waals surface area contributed by atoms with E-state index in [-0.39, 0.29) is 0 Å². The molecule has 0 radical (unpaired) electrons. The summed E-state index contributed by atoms with van der Waals surface area (Å²) < 4.78 is 7.53. The zero-order valence-corrected chi connectivity index (χ0v) is 19.7. The van der Waals surface area contributed by atoms with E-state index < -0.39 is 0 Å². The molecule has 2 nitrogen and oxygen atoms in total. The summed E-state index contributed by atoms with van der Waals surface area (Å²) in [5.74, 6) is 0. The van der Waals surface area contributed by atoms with Gasteiger partial charge in [-0.3, -0.25) is 4.90 Å². The van der Waals surface area contributed by atoms with Crippen LogP contribution in [-0.4, -0.2) is 31.2 Å². The third-order valence-electron chi connectivity index (χ3n) is 3.66. The first kappa shape index (κ1) is 21.7. The largest absolute Gasteiger partial charge is 0.379 e. The van der Waals surface area contributed by atoms with Crippen molar-refractivity contribution in [1.82, 2.24) is 4.90 Å². The van der Waals surface area contributed by atoms with Crippen molar-refractivity contribution in [2.45, 2.75) is 11.9 Å². The van der Waals surface area contributed by atoms with Gasteiger partial charge in [0, 0.05) is 44.0 Å². The summed E-state index contributed by atoms with van der Waals surface area (Å²) in [6, 6.07) is 11.6. The fourth-order valence-corrected chi connectivity index (χ4v) is 4.30. The third kappa shape index (κ3) is 7.49. The van der Waals surface area contributed by atoms with Gasteiger partial charge in [-0.25, -0.2) is 0 Å². The molecular weight excluding hydrogens is 557 g/mol. The van der Waals surface area contributed by atoms with Crippen LogP contribution in [0.25, 0.3) is 0 Å². The molecule has 25 heavy (non-hydrogen) atoms. The SMILES string of the molecule is Clc1ccc(Br)c(CBr)c1.Clc1ccc(Br)c(CN2CCOCC2)c1. The standard InChI is InChI=1S/C11H13BrClNO.C7H5Br2Cl/c12-11-2-1-10(13)7-9(11)8-14-3-5-15-6-4-14;8-4-5-3-6(10)1-2-7(5)9/h1-2,7H,3-6,8H2;1-3H,4H2. The molecule has 0 aromatic heterocycles. The Balaban J connectivity index is 0.000000196. The summed E-state index contributed by atoms with van der Waals surface area (Å²) in [6.07, 6.45) is 0. The van der Waals surface area contributed by atoms with Crippen LogP contribution in [0, 0.1) is 0 Å². The lowest BCUT2D eigenvalue weighted by Crippen LogP contribution is -2.35. The number of alkyl halides is 1. The van der Waals surface area contributed by atoms with Gasteiger partial charge in [-0.15, -0.1) is 0 Å². The van der Waals surface area contributed by atoms with E-state index in [1.807, 2.05) is 36.4 Å². The Bertz CT molecular complexity index is 694. The molecule has 1 fully saturated rings. The molecule has 3 rings (SSSR count). The second-order valence-corrected chi connectivity index (χ2v) is 8.64. The van der Waals surface area contributed by atoms with E-state index in [1.54, 1.807) is 0 Å². The number of halogens is 5. The number of hydrogen-bond donors (Lipinski definition) is 0. The summed E-state index contributed by atoms with van der Waals surface area (Å²) in [6.45, 7) is 4.60. The highest BCUT2D eigenvalue weighted by Gasteiger charge is 2.12. The second kappa shape index (κ2) is 11.3. The van der Waals surface area contributed by atoms with Crippen LogP contribution in [-0.2, 0) is 16.6 Å². The molecule has 0 saturated carbocycles. The fraction of sp³-hybridized carbons (Fsp3) is 0.333. The van der Waals surface area contributed by atoms with E-state index in [2.05, 4.69) is 52.7 Å². The van der Waals surface area contributed by atoms with Gasteiger partial charge in [-0.05, 0) is 47.5 Å². The van der Waals surface area contributed by atoms with Crippen LogP contribution in [0.4, 0.5) is 0 Å². The normalized spacial score (nSPS) is 14.8. The van der Waals surface area contributed by atoms with Crippen LogP contribution in [0.1, 0.15) is 11.1 Å². The first-order valence-corrected chi connectivity index (χ1v) is 11.2. The molecule has 1 aliphatic heterocycles. The van der Waals surface area contributed by atoms with Gasteiger partial charge in [0.1, 0.15) is 0 Å². The zero-order chi connectivity index (χ0) is 18.2. The number of ether oxygens (including phenoxy) is 1. The Hall–Kier alpha value is 0.380. The van der Waals surface area contributed by atoms with Crippen LogP contribution < -0.4 is 0 Å². The molecule has 1 heterocycles. The van der Waals surface area contributed by atoms with Crippen molar-refractivity contribution in [3.8, 4) is 0 Å². The Morgan fingerprint density at radius 1 is 0.880 bits per heavy atom. The Morgan fingerprint density at radius 2 is 1.40 bits per heavy atom. The van der Waals surface area contributed by atoms with Crippen molar-refractivity contribution in [3.63, 3.8) is 0 Å². The van der Waals surface area contributed by atoms with E-state index in [9.17, 15) is 0 Å². The van der Waals surface area contributed by atoms with Crippen molar-refractivity contribution in [3.05, 3.63) is 66.5 Å². The first-order chi connectivity index (χ1) is 12.0. The van der Waals surface area contributed by atoms with Gasteiger partial charge in [0.05, 0.1) is 13.2 Å². The summed E-state index contributed by atoms with van der Waals surface area (Å²) in [4.78, 5) is 2.37. The molecule has 0 bridgehead atoms. The first-order valence-electron chi connectivity index (χ1n) is 7.73. The van der Waals surface area contributed by atoms with E-state index >= 15 is 0 Å². The minimum atomic E-state index is 0.776. The summed E-state index contributed by atoms with van der Waals surface area (Å²) in [5, 5.41) is 2.40. The lowest BCUT2D eigenvalue weighted by molar-refractivity contribution is 0.0341. The van der Waals surface area contributed by atoms with E-state index in [0.29, 0.717) is 0 Å². The van der Waals surface area contributed by atoms with E-state index in [4.69, 9.17) is 27.9 Å². The van der Waals surface area contributed by atoms with Crippen LogP contribution >= 0.6 is 71.0 Å². The predicted octanol–water partition coefficient (Wildman–Crippen LogP) is 6.93. The Morgan fingerprint density at radius 3 is 1.92 bits per heavy atom. The van der Waals surface area contributed by atoms with Gasteiger partial charge in [0.15, 0.2) is 0 Å². The van der Waals surface area contributed by atoms with Gasteiger partial charge >= 0.3 is 0 Å². The quantitative estimate of drug-likeness (QED) is 0.369. The van der Waals surface area contributed by atoms with Gasteiger partial charge in [0.25, 0.3) is 0 Å². The summed E-state index contributed by atoms with van der Waals surface area (Å²) >= 11 is 22.0. The van der Waals surface area contributed by atoms with Crippen LogP contribution in [0.3, 0.4) is 0 Å². The molecule has 0 atom stereocenters. The maximum Gasteiger partial charge on any atom is 0.0594 e. The zero-order valence-electron chi connectivity index (χ0n) is 13.5. The van der Waals surface area contributed by atoms with Crippen molar-refractivity contribution >= 4 is 71.0 Å². The Kier molecular flexibility index (Phi) is 9.78. The maximum atomic E-state index is 5.97. The van der Waals surface area contributed by atoms with Crippen LogP contribution in [0.2, 0.25) is 10.0 Å². The molecule has 2 aromatic rings. The number of nitrogens with zero attached hydrogens (tertiary/aromatic N) is 1. The monoisotopic (exact) mass is 571 g/mol. The van der Waals surface area contributed by atoms with Crippen molar-refractivity contribution in [2.24, 2.45) is 0 Å². The van der Waals surface area contributed by atoms with E-state index in [0.717, 1.165) is 57.2 Å². The molecule has 0 amide bonds. The number of morpholine rings is 1. The molecule has 0 spiro atoms. The van der Waals surface area contributed by atoms with Gasteiger partial charge in [0.2, 0.25) is 0 Å². The van der Waals surface area contributed by atoms with Crippen molar-refractivity contribution in [2.75, 3.05) is 26.3 Å².